The number of aromatic carboxylic acids is 1. The average molecular weight is 228 g/mol. The number of hydrogen-bond acceptors (Lipinski definition) is 3. The summed E-state index contributed by atoms with van der Waals surface area (Å²) >= 11 is 0. The van der Waals surface area contributed by atoms with E-state index in [1.807, 2.05) is 37.3 Å². The summed E-state index contributed by atoms with van der Waals surface area (Å²) in [6.45, 7) is 1.99. The number of rotatable bonds is 3. The number of benzene rings is 1. The van der Waals surface area contributed by atoms with Crippen molar-refractivity contribution in [2.75, 3.05) is 0 Å². The molecule has 2 aromatic rings. The van der Waals surface area contributed by atoms with E-state index >= 15 is 0 Å². The van der Waals surface area contributed by atoms with Gasteiger partial charge in [0.2, 0.25) is 0 Å². The van der Waals surface area contributed by atoms with E-state index in [-0.39, 0.29) is 11.6 Å². The van der Waals surface area contributed by atoms with Gasteiger partial charge >= 0.3 is 5.97 Å². The van der Waals surface area contributed by atoms with Crippen molar-refractivity contribution in [1.82, 2.24) is 9.97 Å². The molecule has 4 nitrogen and oxygen atoms in total. The van der Waals surface area contributed by atoms with Crippen molar-refractivity contribution < 1.29 is 9.90 Å². The van der Waals surface area contributed by atoms with Crippen LogP contribution in [0.3, 0.4) is 0 Å². The molecule has 0 spiro atoms. The molecule has 0 saturated carbocycles. The fraction of sp³-hybridized carbons (Fsp3) is 0.154. The third kappa shape index (κ3) is 2.47. The van der Waals surface area contributed by atoms with Crippen LogP contribution in [0.25, 0.3) is 0 Å². The van der Waals surface area contributed by atoms with Crippen LogP contribution in [0.5, 0.6) is 0 Å². The van der Waals surface area contributed by atoms with E-state index < -0.39 is 5.97 Å². The molecule has 0 aliphatic heterocycles. The van der Waals surface area contributed by atoms with Crippen molar-refractivity contribution in [3.8, 4) is 0 Å². The van der Waals surface area contributed by atoms with E-state index in [0.29, 0.717) is 5.69 Å². The highest BCUT2D eigenvalue weighted by atomic mass is 16.4. The van der Waals surface area contributed by atoms with E-state index in [2.05, 4.69) is 9.97 Å². The molecule has 0 fully saturated rings. The molecule has 0 bridgehead atoms. The van der Waals surface area contributed by atoms with Crippen LogP contribution in [0.1, 0.15) is 34.6 Å². The molecule has 0 aliphatic carbocycles. The molecule has 1 atom stereocenters. The summed E-state index contributed by atoms with van der Waals surface area (Å²) in [7, 11) is 0. The first-order valence-corrected chi connectivity index (χ1v) is 5.28. The summed E-state index contributed by atoms with van der Waals surface area (Å²) in [4.78, 5) is 18.6. The van der Waals surface area contributed by atoms with Gasteiger partial charge in [-0.25, -0.2) is 14.8 Å². The lowest BCUT2D eigenvalue weighted by atomic mass is 9.97. The van der Waals surface area contributed by atoms with E-state index in [0.717, 1.165) is 5.56 Å². The number of carboxylic acids is 1. The molecule has 0 radical (unpaired) electrons. The summed E-state index contributed by atoms with van der Waals surface area (Å²) in [5.74, 6) is -0.980. The predicted octanol–water partition coefficient (Wildman–Crippen LogP) is 2.33. The molecule has 1 N–H and O–H groups in total. The molecule has 0 unspecified atom stereocenters. The van der Waals surface area contributed by atoms with Gasteiger partial charge in [-0.2, -0.15) is 0 Å². The summed E-state index contributed by atoms with van der Waals surface area (Å²) in [5.41, 5.74) is 1.84. The first-order valence-electron chi connectivity index (χ1n) is 5.28. The van der Waals surface area contributed by atoms with E-state index in [1.165, 1.54) is 12.4 Å². The Balaban J connectivity index is 2.34. The van der Waals surface area contributed by atoms with Crippen molar-refractivity contribution >= 4 is 5.97 Å². The first-order chi connectivity index (χ1) is 8.18. The Kier molecular flexibility index (Phi) is 3.14. The van der Waals surface area contributed by atoms with E-state index in [1.54, 1.807) is 0 Å². The lowest BCUT2D eigenvalue weighted by molar-refractivity contribution is 0.0690. The fourth-order valence-corrected chi connectivity index (χ4v) is 1.64. The zero-order valence-electron chi connectivity index (χ0n) is 9.37. The Morgan fingerprint density at radius 1 is 1.24 bits per heavy atom. The molecule has 1 heterocycles. The molecule has 17 heavy (non-hydrogen) atoms. The highest BCUT2D eigenvalue weighted by molar-refractivity contribution is 5.85. The van der Waals surface area contributed by atoms with Crippen molar-refractivity contribution in [3.05, 3.63) is 59.7 Å². The monoisotopic (exact) mass is 228 g/mol. The Hall–Kier alpha value is -2.23. The van der Waals surface area contributed by atoms with Gasteiger partial charge in [0.05, 0.1) is 5.69 Å². The first kappa shape index (κ1) is 11.3. The second-order valence-electron chi connectivity index (χ2n) is 3.77. The zero-order chi connectivity index (χ0) is 12.3. The SMILES string of the molecule is C[C@H](c1ccccc1)c1cc(C(=O)O)ncn1. The van der Waals surface area contributed by atoms with Crippen molar-refractivity contribution in [2.24, 2.45) is 0 Å². The lowest BCUT2D eigenvalue weighted by Gasteiger charge is -2.11. The van der Waals surface area contributed by atoms with Gasteiger partial charge in [0.15, 0.2) is 5.69 Å². The van der Waals surface area contributed by atoms with Gasteiger partial charge in [-0.3, -0.25) is 0 Å². The molecule has 4 heteroatoms. The maximum atomic E-state index is 10.8. The minimum atomic E-state index is -1.03. The predicted molar refractivity (Wildman–Crippen MR) is 63.0 cm³/mol. The van der Waals surface area contributed by atoms with Crippen LogP contribution in [-0.4, -0.2) is 21.0 Å². The fourth-order valence-electron chi connectivity index (χ4n) is 1.64. The Morgan fingerprint density at radius 3 is 2.59 bits per heavy atom. The molecule has 0 aliphatic rings. The molecular weight excluding hydrogens is 216 g/mol. The number of aromatic nitrogens is 2. The Labute approximate surface area is 99.0 Å². The lowest BCUT2D eigenvalue weighted by Crippen LogP contribution is -2.05. The molecule has 1 aromatic heterocycles. The van der Waals surface area contributed by atoms with Crippen LogP contribution in [0.15, 0.2) is 42.7 Å². The van der Waals surface area contributed by atoms with E-state index in [4.69, 9.17) is 5.11 Å². The maximum absolute atomic E-state index is 10.8. The molecule has 86 valence electrons. The Morgan fingerprint density at radius 2 is 1.94 bits per heavy atom. The summed E-state index contributed by atoms with van der Waals surface area (Å²) in [6, 6.07) is 11.3. The molecule has 0 amide bonds. The number of carboxylic acid groups (broad SMARTS) is 1. The normalized spacial score (nSPS) is 12.1. The zero-order valence-corrected chi connectivity index (χ0v) is 9.37. The van der Waals surface area contributed by atoms with E-state index in [9.17, 15) is 4.79 Å². The van der Waals surface area contributed by atoms with Gasteiger partial charge in [0.1, 0.15) is 6.33 Å². The largest absolute Gasteiger partial charge is 0.477 e. The minimum absolute atomic E-state index is 0.0257. The van der Waals surface area contributed by atoms with Crippen molar-refractivity contribution in [3.63, 3.8) is 0 Å². The maximum Gasteiger partial charge on any atom is 0.354 e. The second kappa shape index (κ2) is 4.74. The quantitative estimate of drug-likeness (QED) is 0.875. The average Bonchev–Trinajstić information content (AvgIpc) is 2.39. The molecule has 2 rings (SSSR count). The smallest absolute Gasteiger partial charge is 0.354 e. The summed E-state index contributed by atoms with van der Waals surface area (Å²) in [5, 5.41) is 8.87. The number of hydrogen-bond donors (Lipinski definition) is 1. The highest BCUT2D eigenvalue weighted by Gasteiger charge is 2.12. The summed E-state index contributed by atoms with van der Waals surface area (Å²) in [6.07, 6.45) is 1.29. The standard InChI is InChI=1S/C13H12N2O2/c1-9(10-5-3-2-4-6-10)11-7-12(13(16)17)15-8-14-11/h2-9H,1H3,(H,16,17)/t9-/m1/s1. The van der Waals surface area contributed by atoms with Gasteiger partial charge in [-0.05, 0) is 11.6 Å². The van der Waals surface area contributed by atoms with Crippen LogP contribution >= 0.6 is 0 Å². The van der Waals surface area contributed by atoms with Crippen molar-refractivity contribution in [1.29, 1.82) is 0 Å². The number of carbonyl (C=O) groups is 1. The van der Waals surface area contributed by atoms with Crippen LogP contribution < -0.4 is 0 Å². The highest BCUT2D eigenvalue weighted by Crippen LogP contribution is 2.21. The molecule has 1 aromatic carbocycles. The van der Waals surface area contributed by atoms with Crippen LogP contribution in [-0.2, 0) is 0 Å². The van der Waals surface area contributed by atoms with Gasteiger partial charge < -0.3 is 5.11 Å². The Bertz CT molecular complexity index is 526. The van der Waals surface area contributed by atoms with Crippen LogP contribution in [0, 0.1) is 0 Å². The molecular formula is C13H12N2O2. The van der Waals surface area contributed by atoms with Gasteiger partial charge in [-0.1, -0.05) is 37.3 Å². The minimum Gasteiger partial charge on any atom is -0.477 e. The van der Waals surface area contributed by atoms with Crippen LogP contribution in [0.4, 0.5) is 0 Å². The second-order valence-corrected chi connectivity index (χ2v) is 3.77. The molecule has 0 saturated heterocycles. The topological polar surface area (TPSA) is 63.1 Å². The van der Waals surface area contributed by atoms with Gasteiger partial charge in [-0.15, -0.1) is 0 Å². The summed E-state index contributed by atoms with van der Waals surface area (Å²) < 4.78 is 0. The third-order valence-electron chi connectivity index (χ3n) is 2.65. The van der Waals surface area contributed by atoms with Crippen LogP contribution in [0.2, 0.25) is 0 Å². The third-order valence-corrected chi connectivity index (χ3v) is 2.65. The number of nitrogens with zero attached hydrogens (tertiary/aromatic N) is 2. The van der Waals surface area contributed by atoms with Gasteiger partial charge in [0.25, 0.3) is 0 Å². The van der Waals surface area contributed by atoms with Crippen molar-refractivity contribution in [2.45, 2.75) is 12.8 Å². The van der Waals surface area contributed by atoms with Gasteiger partial charge in [0, 0.05) is 5.92 Å².